The Kier molecular flexibility index (Phi) is 1.94. The normalized spacial score (nSPS) is 42.5. The Hall–Kier alpha value is -0.790. The maximum Gasteiger partial charge on any atom is 0.302 e. The van der Waals surface area contributed by atoms with Gasteiger partial charge in [-0.2, -0.15) is 0 Å². The van der Waals surface area contributed by atoms with Gasteiger partial charge >= 0.3 is 5.97 Å². The van der Waals surface area contributed by atoms with Crippen molar-refractivity contribution in [3.63, 3.8) is 0 Å². The lowest BCUT2D eigenvalue weighted by Crippen LogP contribution is -2.27. The first-order valence-corrected chi connectivity index (χ1v) is 4.95. The van der Waals surface area contributed by atoms with E-state index in [9.17, 15) is 4.79 Å². The number of ether oxygens (including phenoxy) is 1. The van der Waals surface area contributed by atoms with Crippen molar-refractivity contribution in [3.8, 4) is 0 Å². The van der Waals surface area contributed by atoms with E-state index in [0.29, 0.717) is 17.8 Å². The van der Waals surface area contributed by atoms with E-state index in [4.69, 9.17) is 4.74 Å². The smallest absolute Gasteiger partial charge is 0.302 e. The average Bonchev–Trinajstić information content (AvgIpc) is 2.53. The Labute approximate surface area is 79.0 Å². The molecule has 2 nitrogen and oxygen atoms in total. The van der Waals surface area contributed by atoms with E-state index in [1.807, 2.05) is 0 Å². The molecule has 2 aliphatic carbocycles. The summed E-state index contributed by atoms with van der Waals surface area (Å²) in [6, 6.07) is 0. The van der Waals surface area contributed by atoms with Crippen molar-refractivity contribution in [3.05, 3.63) is 12.2 Å². The summed E-state index contributed by atoms with van der Waals surface area (Å²) in [5.41, 5.74) is 1.29. The number of rotatable bonds is 1. The van der Waals surface area contributed by atoms with Crippen LogP contribution in [0.1, 0.15) is 26.7 Å². The van der Waals surface area contributed by atoms with Crippen LogP contribution >= 0.6 is 0 Å². The molecule has 2 fully saturated rings. The van der Waals surface area contributed by atoms with Gasteiger partial charge in [-0.15, -0.1) is 0 Å². The second kappa shape index (κ2) is 2.86. The third-order valence-corrected chi connectivity index (χ3v) is 3.63. The van der Waals surface area contributed by atoms with E-state index in [0.717, 1.165) is 6.42 Å². The van der Waals surface area contributed by atoms with Gasteiger partial charge in [-0.1, -0.05) is 19.1 Å². The fourth-order valence-electron chi connectivity index (χ4n) is 2.82. The van der Waals surface area contributed by atoms with Gasteiger partial charge in [0.2, 0.25) is 0 Å². The highest BCUT2D eigenvalue weighted by Gasteiger charge is 2.47. The molecule has 0 aromatic carbocycles. The van der Waals surface area contributed by atoms with Crippen molar-refractivity contribution in [2.75, 3.05) is 0 Å². The molecule has 0 N–H and O–H groups in total. The molecule has 0 aliphatic heterocycles. The van der Waals surface area contributed by atoms with Crippen LogP contribution in [0.3, 0.4) is 0 Å². The molecular formula is C11H16O2. The largest absolute Gasteiger partial charge is 0.462 e. The van der Waals surface area contributed by atoms with Gasteiger partial charge in [0.1, 0.15) is 6.10 Å². The topological polar surface area (TPSA) is 26.3 Å². The molecule has 0 aromatic heterocycles. The van der Waals surface area contributed by atoms with Gasteiger partial charge < -0.3 is 4.74 Å². The summed E-state index contributed by atoms with van der Waals surface area (Å²) < 4.78 is 5.26. The maximum atomic E-state index is 10.8. The van der Waals surface area contributed by atoms with Crippen molar-refractivity contribution in [1.29, 1.82) is 0 Å². The molecule has 13 heavy (non-hydrogen) atoms. The number of fused-ring (bicyclic) bond motifs is 2. The van der Waals surface area contributed by atoms with Gasteiger partial charge in [0.25, 0.3) is 0 Å². The molecule has 0 aromatic rings. The highest BCUT2D eigenvalue weighted by molar-refractivity contribution is 5.66. The van der Waals surface area contributed by atoms with Crippen LogP contribution in [0.15, 0.2) is 12.2 Å². The quantitative estimate of drug-likeness (QED) is 0.456. The number of hydrogen-bond acceptors (Lipinski definition) is 2. The minimum Gasteiger partial charge on any atom is -0.462 e. The van der Waals surface area contributed by atoms with Gasteiger partial charge in [0.15, 0.2) is 0 Å². The van der Waals surface area contributed by atoms with Crippen molar-refractivity contribution >= 4 is 5.97 Å². The standard InChI is InChI=1S/C11H16O2/c1-6-7(2)10-4-9(6)5-11(10)13-8(3)12/h6,9-11H,2,4-5H2,1,3H3. The second-order valence-electron chi connectivity index (χ2n) is 4.35. The van der Waals surface area contributed by atoms with Crippen LogP contribution in [0.2, 0.25) is 0 Å². The number of hydrogen-bond donors (Lipinski definition) is 0. The molecule has 0 heterocycles. The summed E-state index contributed by atoms with van der Waals surface area (Å²) in [5.74, 6) is 1.64. The molecule has 2 aliphatic rings. The van der Waals surface area contributed by atoms with E-state index < -0.39 is 0 Å². The van der Waals surface area contributed by atoms with Crippen molar-refractivity contribution in [2.24, 2.45) is 17.8 Å². The Morgan fingerprint density at radius 1 is 1.54 bits per heavy atom. The molecule has 4 unspecified atom stereocenters. The number of carbonyl (C=O) groups is 1. The summed E-state index contributed by atoms with van der Waals surface area (Å²) in [7, 11) is 0. The molecule has 0 spiro atoms. The molecule has 2 heteroatoms. The zero-order chi connectivity index (χ0) is 9.59. The second-order valence-corrected chi connectivity index (χ2v) is 4.35. The summed E-state index contributed by atoms with van der Waals surface area (Å²) in [6.45, 7) is 7.80. The molecule has 0 amide bonds. The summed E-state index contributed by atoms with van der Waals surface area (Å²) >= 11 is 0. The van der Waals surface area contributed by atoms with E-state index in [-0.39, 0.29) is 12.1 Å². The molecule has 4 atom stereocenters. The fourth-order valence-corrected chi connectivity index (χ4v) is 2.82. The first-order chi connectivity index (χ1) is 6.09. The average molecular weight is 180 g/mol. The molecule has 2 rings (SSSR count). The van der Waals surface area contributed by atoms with Gasteiger partial charge in [0, 0.05) is 12.8 Å². The lowest BCUT2D eigenvalue weighted by Gasteiger charge is -2.27. The summed E-state index contributed by atoms with van der Waals surface area (Å²) in [5, 5.41) is 0. The lowest BCUT2D eigenvalue weighted by molar-refractivity contribution is -0.148. The number of carbonyl (C=O) groups excluding carboxylic acids is 1. The highest BCUT2D eigenvalue weighted by atomic mass is 16.5. The maximum absolute atomic E-state index is 10.8. The van der Waals surface area contributed by atoms with Gasteiger partial charge in [-0.25, -0.2) is 0 Å². The van der Waals surface area contributed by atoms with E-state index in [1.165, 1.54) is 18.9 Å². The van der Waals surface area contributed by atoms with Crippen LogP contribution in [-0.2, 0) is 9.53 Å². The van der Waals surface area contributed by atoms with Crippen molar-refractivity contribution in [2.45, 2.75) is 32.8 Å². The van der Waals surface area contributed by atoms with Crippen LogP contribution in [0, 0.1) is 17.8 Å². The SMILES string of the molecule is C=C1C(C)C2CC(OC(C)=O)C1C2. The monoisotopic (exact) mass is 180 g/mol. The van der Waals surface area contributed by atoms with E-state index in [1.54, 1.807) is 0 Å². The Balaban J connectivity index is 2.06. The zero-order valence-electron chi connectivity index (χ0n) is 8.25. The molecule has 0 saturated heterocycles. The fraction of sp³-hybridized carbons (Fsp3) is 0.727. The van der Waals surface area contributed by atoms with E-state index in [2.05, 4.69) is 13.5 Å². The molecular weight excluding hydrogens is 164 g/mol. The van der Waals surface area contributed by atoms with Crippen LogP contribution in [0.4, 0.5) is 0 Å². The van der Waals surface area contributed by atoms with Gasteiger partial charge in [-0.05, 0) is 24.7 Å². The summed E-state index contributed by atoms with van der Waals surface area (Å²) in [4.78, 5) is 10.8. The molecule has 2 bridgehead atoms. The molecule has 72 valence electrons. The van der Waals surface area contributed by atoms with Gasteiger partial charge in [0.05, 0.1) is 0 Å². The first-order valence-electron chi connectivity index (χ1n) is 4.95. The van der Waals surface area contributed by atoms with E-state index >= 15 is 0 Å². The first kappa shape index (κ1) is 8.79. The third kappa shape index (κ3) is 1.28. The minimum atomic E-state index is -0.155. The van der Waals surface area contributed by atoms with Crippen LogP contribution in [0.25, 0.3) is 0 Å². The Morgan fingerprint density at radius 3 is 2.69 bits per heavy atom. The van der Waals surface area contributed by atoms with Crippen LogP contribution < -0.4 is 0 Å². The van der Waals surface area contributed by atoms with Crippen LogP contribution in [-0.4, -0.2) is 12.1 Å². The number of esters is 1. The predicted octanol–water partition coefficient (Wildman–Crippen LogP) is 2.15. The zero-order valence-corrected chi connectivity index (χ0v) is 8.25. The minimum absolute atomic E-state index is 0.131. The van der Waals surface area contributed by atoms with Gasteiger partial charge in [-0.3, -0.25) is 4.79 Å². The highest BCUT2D eigenvalue weighted by Crippen LogP contribution is 2.52. The predicted molar refractivity (Wildman–Crippen MR) is 50.1 cm³/mol. The van der Waals surface area contributed by atoms with Crippen molar-refractivity contribution < 1.29 is 9.53 Å². The molecule has 2 saturated carbocycles. The third-order valence-electron chi connectivity index (χ3n) is 3.63. The molecule has 0 radical (unpaired) electrons. The van der Waals surface area contributed by atoms with Crippen molar-refractivity contribution in [1.82, 2.24) is 0 Å². The Bertz CT molecular complexity index is 257. The van der Waals surface area contributed by atoms with Crippen LogP contribution in [0.5, 0.6) is 0 Å². The Morgan fingerprint density at radius 2 is 2.23 bits per heavy atom. The lowest BCUT2D eigenvalue weighted by atomic mass is 9.85. The summed E-state index contributed by atoms with van der Waals surface area (Å²) in [6.07, 6.45) is 2.36.